The molecule has 0 atom stereocenters. The van der Waals surface area contributed by atoms with Crippen molar-refractivity contribution in [1.82, 2.24) is 0 Å². The molecule has 0 aromatic heterocycles. The maximum absolute atomic E-state index is 5.38. The molecule has 0 aromatic carbocycles. The fraction of sp³-hybridized carbons (Fsp3) is 0.800. The van der Waals surface area contributed by atoms with Gasteiger partial charge in [0.25, 0.3) is 0 Å². The molecule has 0 N–H and O–H groups in total. The Kier molecular flexibility index (Phi) is 5.32. The van der Waals surface area contributed by atoms with Crippen molar-refractivity contribution in [2.24, 2.45) is 0 Å². The highest BCUT2D eigenvalue weighted by atomic mass is 28.3. The minimum Gasteiger partial charge on any atom is -0.120 e. The highest BCUT2D eigenvalue weighted by Gasteiger charge is 2.26. The number of terminal acetylenes is 1. The fourth-order valence-corrected chi connectivity index (χ4v) is 5.07. The molecule has 0 aliphatic rings. The summed E-state index contributed by atoms with van der Waals surface area (Å²) in [4.78, 5) is 0. The summed E-state index contributed by atoms with van der Waals surface area (Å²) in [6.07, 6.45) is 6.70. The third-order valence-electron chi connectivity index (χ3n) is 2.76. The zero-order chi connectivity index (χ0) is 8.74. The summed E-state index contributed by atoms with van der Waals surface area (Å²) in [6, 6.07) is 5.24. The van der Waals surface area contributed by atoms with Crippen molar-refractivity contribution in [2.45, 2.75) is 51.4 Å². The molecule has 64 valence electrons. The molecule has 0 spiro atoms. The average Bonchev–Trinajstić information content (AvgIpc) is 2.04. The van der Waals surface area contributed by atoms with E-state index in [0.717, 1.165) is 6.04 Å². The molecule has 0 saturated heterocycles. The van der Waals surface area contributed by atoms with Gasteiger partial charge in [-0.25, -0.2) is 0 Å². The van der Waals surface area contributed by atoms with E-state index in [1.165, 1.54) is 24.6 Å². The maximum atomic E-state index is 5.38. The molecule has 11 heavy (non-hydrogen) atoms. The Hall–Kier alpha value is -0.223. The molecule has 0 aliphatic carbocycles. The second-order valence-corrected chi connectivity index (χ2v) is 8.61. The molecule has 0 nitrogen and oxygen atoms in total. The van der Waals surface area contributed by atoms with E-state index in [2.05, 4.69) is 26.7 Å². The second-order valence-electron chi connectivity index (χ2n) is 3.34. The highest BCUT2D eigenvalue weighted by Crippen LogP contribution is 2.25. The summed E-state index contributed by atoms with van der Waals surface area (Å²) in [7, 11) is -0.980. The molecule has 0 saturated carbocycles. The summed E-state index contributed by atoms with van der Waals surface area (Å²) in [5.41, 5.74) is 0. The van der Waals surface area contributed by atoms with E-state index < -0.39 is 8.07 Å². The Balaban J connectivity index is 4.10. The minimum absolute atomic E-state index is 0.980. The van der Waals surface area contributed by atoms with Gasteiger partial charge in [0.2, 0.25) is 0 Å². The van der Waals surface area contributed by atoms with Crippen LogP contribution in [0.1, 0.15) is 27.2 Å². The highest BCUT2D eigenvalue weighted by molar-refractivity contribution is 6.80. The fourth-order valence-electron chi connectivity index (χ4n) is 1.69. The first-order chi connectivity index (χ1) is 5.24. The van der Waals surface area contributed by atoms with E-state index in [0.29, 0.717) is 0 Å². The first kappa shape index (κ1) is 10.8. The van der Waals surface area contributed by atoms with Gasteiger partial charge in [-0.15, -0.1) is 12.3 Å². The van der Waals surface area contributed by atoms with E-state index in [4.69, 9.17) is 6.42 Å². The van der Waals surface area contributed by atoms with E-state index in [-0.39, 0.29) is 0 Å². The molecule has 0 bridgehead atoms. The molecule has 0 unspecified atom stereocenters. The van der Waals surface area contributed by atoms with Crippen LogP contribution in [0.15, 0.2) is 0 Å². The van der Waals surface area contributed by atoms with Crippen molar-refractivity contribution in [2.75, 3.05) is 0 Å². The van der Waals surface area contributed by atoms with Gasteiger partial charge in [-0.3, -0.25) is 0 Å². The summed E-state index contributed by atoms with van der Waals surface area (Å²) in [6.45, 7) is 6.88. The summed E-state index contributed by atoms with van der Waals surface area (Å²) < 4.78 is 0. The topological polar surface area (TPSA) is 0 Å². The zero-order valence-electron chi connectivity index (χ0n) is 8.11. The molecule has 0 fully saturated rings. The van der Waals surface area contributed by atoms with E-state index in [1.807, 2.05) is 0 Å². The number of hydrogen-bond acceptors (Lipinski definition) is 0. The Labute approximate surface area is 72.4 Å². The lowest BCUT2D eigenvalue weighted by Gasteiger charge is -2.26. The monoisotopic (exact) mass is 168 g/mol. The SMILES string of the molecule is C#CC[Si](CC)(CC)CCC. The molecule has 1 heteroatoms. The van der Waals surface area contributed by atoms with E-state index in [9.17, 15) is 0 Å². The zero-order valence-corrected chi connectivity index (χ0v) is 9.11. The van der Waals surface area contributed by atoms with Gasteiger partial charge in [0.15, 0.2) is 0 Å². The predicted molar refractivity (Wildman–Crippen MR) is 55.5 cm³/mol. The molecule has 0 radical (unpaired) electrons. The van der Waals surface area contributed by atoms with Crippen molar-refractivity contribution in [1.29, 1.82) is 0 Å². The number of rotatable bonds is 5. The van der Waals surface area contributed by atoms with Gasteiger partial charge in [-0.05, 0) is 0 Å². The summed E-state index contributed by atoms with van der Waals surface area (Å²) >= 11 is 0. The lowest BCUT2D eigenvalue weighted by atomic mass is 10.6. The van der Waals surface area contributed by atoms with Gasteiger partial charge in [0, 0.05) is 6.04 Å². The molecule has 0 aliphatic heterocycles. The van der Waals surface area contributed by atoms with Crippen LogP contribution in [0.3, 0.4) is 0 Å². The standard InChI is InChI=1S/C10H20Si/c1-5-9-11(7-3,8-4)10-6-2/h1H,6-10H2,2-4H3. The minimum atomic E-state index is -0.980. The normalized spacial score (nSPS) is 11.1. The molecular weight excluding hydrogens is 148 g/mol. The Morgan fingerprint density at radius 2 is 1.73 bits per heavy atom. The van der Waals surface area contributed by atoms with Crippen LogP contribution in [0.25, 0.3) is 0 Å². The van der Waals surface area contributed by atoms with Gasteiger partial charge >= 0.3 is 0 Å². The van der Waals surface area contributed by atoms with Gasteiger partial charge < -0.3 is 0 Å². The van der Waals surface area contributed by atoms with Crippen LogP contribution in [0.4, 0.5) is 0 Å². The lowest BCUT2D eigenvalue weighted by Crippen LogP contribution is -2.30. The maximum Gasteiger partial charge on any atom is 0.0659 e. The molecule has 0 heterocycles. The van der Waals surface area contributed by atoms with Crippen LogP contribution in [-0.2, 0) is 0 Å². The second kappa shape index (κ2) is 5.43. The Morgan fingerprint density at radius 3 is 2.00 bits per heavy atom. The first-order valence-corrected chi connectivity index (χ1v) is 7.51. The van der Waals surface area contributed by atoms with Crippen LogP contribution in [0.2, 0.25) is 24.2 Å². The Morgan fingerprint density at radius 1 is 1.18 bits per heavy atom. The average molecular weight is 168 g/mol. The molecule has 0 amide bonds. The van der Waals surface area contributed by atoms with Crippen LogP contribution < -0.4 is 0 Å². The van der Waals surface area contributed by atoms with Crippen LogP contribution in [-0.4, -0.2) is 8.07 Å². The van der Waals surface area contributed by atoms with Crippen molar-refractivity contribution in [3.05, 3.63) is 0 Å². The molecule has 0 aromatic rings. The van der Waals surface area contributed by atoms with E-state index >= 15 is 0 Å². The predicted octanol–water partition coefficient (Wildman–Crippen LogP) is 3.52. The van der Waals surface area contributed by atoms with Crippen molar-refractivity contribution >= 4 is 8.07 Å². The Bertz CT molecular complexity index is 128. The first-order valence-electron chi connectivity index (χ1n) is 4.68. The lowest BCUT2D eigenvalue weighted by molar-refractivity contribution is 1.00. The van der Waals surface area contributed by atoms with Crippen molar-refractivity contribution in [3.63, 3.8) is 0 Å². The third-order valence-corrected chi connectivity index (χ3v) is 8.27. The summed E-state index contributed by atoms with van der Waals surface area (Å²) in [5, 5.41) is 0. The van der Waals surface area contributed by atoms with E-state index in [1.54, 1.807) is 0 Å². The molecular formula is C10H20Si. The quantitative estimate of drug-likeness (QED) is 0.435. The molecule has 0 rings (SSSR count). The summed E-state index contributed by atoms with van der Waals surface area (Å²) in [5.74, 6) is 2.86. The van der Waals surface area contributed by atoms with Crippen molar-refractivity contribution in [3.8, 4) is 12.3 Å². The largest absolute Gasteiger partial charge is 0.120 e. The van der Waals surface area contributed by atoms with Crippen LogP contribution in [0.5, 0.6) is 0 Å². The smallest absolute Gasteiger partial charge is 0.0659 e. The van der Waals surface area contributed by atoms with Crippen LogP contribution in [0, 0.1) is 12.3 Å². The van der Waals surface area contributed by atoms with Crippen LogP contribution >= 0.6 is 0 Å². The third kappa shape index (κ3) is 3.12. The van der Waals surface area contributed by atoms with Gasteiger partial charge in [-0.2, -0.15) is 0 Å². The number of hydrogen-bond donors (Lipinski definition) is 0. The van der Waals surface area contributed by atoms with Crippen molar-refractivity contribution < 1.29 is 0 Å². The van der Waals surface area contributed by atoms with Gasteiger partial charge in [0.05, 0.1) is 8.07 Å². The van der Waals surface area contributed by atoms with Gasteiger partial charge in [-0.1, -0.05) is 45.3 Å². The van der Waals surface area contributed by atoms with Gasteiger partial charge in [0.1, 0.15) is 0 Å².